The summed E-state index contributed by atoms with van der Waals surface area (Å²) in [5.41, 5.74) is 0.650. The fourth-order valence-corrected chi connectivity index (χ4v) is 4.42. The summed E-state index contributed by atoms with van der Waals surface area (Å²) in [5.74, 6) is 1.28. The molecule has 11 heteroatoms. The second kappa shape index (κ2) is 9.65. The molecule has 36 heavy (non-hydrogen) atoms. The van der Waals surface area contributed by atoms with Gasteiger partial charge in [-0.3, -0.25) is 14.9 Å². The first kappa shape index (κ1) is 23.3. The third-order valence-corrected chi connectivity index (χ3v) is 6.57. The van der Waals surface area contributed by atoms with Crippen molar-refractivity contribution in [1.82, 2.24) is 14.5 Å². The number of nitro groups is 1. The van der Waals surface area contributed by atoms with Gasteiger partial charge in [0.05, 0.1) is 10.4 Å². The van der Waals surface area contributed by atoms with Crippen molar-refractivity contribution in [2.75, 3.05) is 37.7 Å². The highest BCUT2D eigenvalue weighted by Crippen LogP contribution is 2.33. The zero-order valence-corrected chi connectivity index (χ0v) is 19.8. The van der Waals surface area contributed by atoms with Crippen LogP contribution in [0.15, 0.2) is 52.4 Å². The summed E-state index contributed by atoms with van der Waals surface area (Å²) < 4.78 is 1.21. The minimum absolute atomic E-state index is 0.127. The van der Waals surface area contributed by atoms with Crippen LogP contribution in [0.2, 0.25) is 0 Å². The van der Waals surface area contributed by atoms with Gasteiger partial charge >= 0.3 is 11.2 Å². The lowest BCUT2D eigenvalue weighted by atomic mass is 10.1. The number of hydrogen-bond acceptors (Lipinski definition) is 8. The van der Waals surface area contributed by atoms with Crippen LogP contribution in [0.1, 0.15) is 24.1 Å². The average molecular weight is 488 g/mol. The van der Waals surface area contributed by atoms with E-state index in [0.29, 0.717) is 50.1 Å². The number of amidine groups is 1. The molecule has 1 aromatic carbocycles. The number of nitrogens with zero attached hydrogens (tertiary/aromatic N) is 7. The van der Waals surface area contributed by atoms with Gasteiger partial charge in [0.2, 0.25) is 0 Å². The number of piperazine rings is 1. The van der Waals surface area contributed by atoms with Crippen LogP contribution in [0.4, 0.5) is 11.4 Å². The molecule has 0 amide bonds. The standard InChI is InChI=1S/C25H25N7O4/c1-29-20-10-9-19(15-26)27-21(20)22(23(25(29)33)32(34)35)30-11-13-31(14-12-30)24(18-5-3-2-4-6-18)28-36-16-17-7-8-17/h2-6,9-10,17H,7-8,11-14,16H2,1H3/b28-24+. The average Bonchev–Trinajstić information content (AvgIpc) is 3.73. The van der Waals surface area contributed by atoms with Gasteiger partial charge in [-0.15, -0.1) is 0 Å². The van der Waals surface area contributed by atoms with Crippen LogP contribution in [0.5, 0.6) is 0 Å². The Morgan fingerprint density at radius 1 is 1.19 bits per heavy atom. The summed E-state index contributed by atoms with van der Waals surface area (Å²) in [4.78, 5) is 38.2. The molecule has 2 aliphatic rings. The first-order valence-corrected chi connectivity index (χ1v) is 11.8. The van der Waals surface area contributed by atoms with E-state index in [2.05, 4.69) is 15.0 Å². The molecule has 0 unspecified atom stereocenters. The van der Waals surface area contributed by atoms with Crippen molar-refractivity contribution in [3.8, 4) is 6.07 Å². The number of aryl methyl sites for hydroxylation is 1. The minimum atomic E-state index is -0.712. The molecule has 0 bridgehead atoms. The van der Waals surface area contributed by atoms with Gasteiger partial charge in [0.25, 0.3) is 0 Å². The van der Waals surface area contributed by atoms with Crippen LogP contribution in [-0.4, -0.2) is 58.0 Å². The lowest BCUT2D eigenvalue weighted by molar-refractivity contribution is -0.385. The molecule has 3 aromatic rings. The Labute approximate surface area is 207 Å². The van der Waals surface area contributed by atoms with Crippen molar-refractivity contribution in [2.24, 2.45) is 18.1 Å². The van der Waals surface area contributed by atoms with Gasteiger partial charge in [-0.25, -0.2) is 4.98 Å². The zero-order valence-electron chi connectivity index (χ0n) is 19.8. The normalized spacial score (nSPS) is 16.2. The van der Waals surface area contributed by atoms with Crippen molar-refractivity contribution < 1.29 is 9.76 Å². The number of hydrogen-bond donors (Lipinski definition) is 0. The number of benzene rings is 1. The topological polar surface area (TPSA) is 130 Å². The van der Waals surface area contributed by atoms with Gasteiger partial charge in [0, 0.05) is 38.8 Å². The lowest BCUT2D eigenvalue weighted by Crippen LogP contribution is -2.49. The third-order valence-electron chi connectivity index (χ3n) is 6.57. The Kier molecular flexibility index (Phi) is 6.25. The predicted molar refractivity (Wildman–Crippen MR) is 134 cm³/mol. The van der Waals surface area contributed by atoms with E-state index >= 15 is 0 Å². The monoisotopic (exact) mass is 487 g/mol. The number of fused-ring (bicyclic) bond motifs is 1. The number of aromatic nitrogens is 2. The van der Waals surface area contributed by atoms with Crippen molar-refractivity contribution in [2.45, 2.75) is 12.8 Å². The minimum Gasteiger partial charge on any atom is -0.394 e. The second-order valence-electron chi connectivity index (χ2n) is 8.99. The maximum absolute atomic E-state index is 12.9. The Balaban J connectivity index is 1.48. The number of anilines is 1. The smallest absolute Gasteiger partial charge is 0.359 e. The second-order valence-corrected chi connectivity index (χ2v) is 8.99. The van der Waals surface area contributed by atoms with Gasteiger partial charge in [-0.2, -0.15) is 5.26 Å². The summed E-state index contributed by atoms with van der Waals surface area (Å²) in [6, 6.07) is 14.8. The quantitative estimate of drug-likeness (QED) is 0.224. The van der Waals surface area contributed by atoms with Crippen LogP contribution >= 0.6 is 0 Å². The van der Waals surface area contributed by atoms with E-state index in [1.54, 1.807) is 11.0 Å². The first-order valence-electron chi connectivity index (χ1n) is 11.8. The van der Waals surface area contributed by atoms with E-state index in [9.17, 15) is 20.2 Å². The molecule has 0 spiro atoms. The zero-order chi connectivity index (χ0) is 25.2. The highest BCUT2D eigenvalue weighted by Gasteiger charge is 2.32. The molecule has 0 atom stereocenters. The summed E-state index contributed by atoms with van der Waals surface area (Å²) in [5, 5.41) is 25.8. The third kappa shape index (κ3) is 4.45. The summed E-state index contributed by atoms with van der Waals surface area (Å²) in [7, 11) is 1.47. The molecule has 1 saturated heterocycles. The van der Waals surface area contributed by atoms with E-state index in [4.69, 9.17) is 4.84 Å². The molecule has 11 nitrogen and oxygen atoms in total. The van der Waals surface area contributed by atoms with Crippen molar-refractivity contribution in [3.63, 3.8) is 0 Å². The fourth-order valence-electron chi connectivity index (χ4n) is 4.42. The molecule has 1 aliphatic carbocycles. The van der Waals surface area contributed by atoms with E-state index in [0.717, 1.165) is 5.56 Å². The molecule has 3 heterocycles. The molecule has 0 radical (unpaired) electrons. The number of oxime groups is 1. The molecule has 1 saturated carbocycles. The van der Waals surface area contributed by atoms with Crippen LogP contribution in [0.3, 0.4) is 0 Å². The van der Waals surface area contributed by atoms with E-state index in [1.807, 2.05) is 36.4 Å². The largest absolute Gasteiger partial charge is 0.394 e. The SMILES string of the molecule is Cn1c(=O)c([N+](=O)[O-])c(N2CCN(/C(=N/OCC3CC3)c3ccccc3)CC2)c2nc(C#N)ccc21. The molecule has 0 N–H and O–H groups in total. The molecule has 184 valence electrons. The molecule has 5 rings (SSSR count). The van der Waals surface area contributed by atoms with Crippen molar-refractivity contribution >= 4 is 28.2 Å². The van der Waals surface area contributed by atoms with Gasteiger partial charge in [0.1, 0.15) is 23.9 Å². The molecular weight excluding hydrogens is 462 g/mol. The highest BCUT2D eigenvalue weighted by atomic mass is 16.6. The van der Waals surface area contributed by atoms with E-state index in [1.165, 1.54) is 30.5 Å². The first-order chi connectivity index (χ1) is 17.5. The number of pyridine rings is 2. The summed E-state index contributed by atoms with van der Waals surface area (Å²) >= 11 is 0. The van der Waals surface area contributed by atoms with Crippen LogP contribution in [-0.2, 0) is 11.9 Å². The predicted octanol–water partition coefficient (Wildman–Crippen LogP) is 2.62. The van der Waals surface area contributed by atoms with Crippen LogP contribution in [0.25, 0.3) is 11.0 Å². The Hall–Kier alpha value is -4.46. The van der Waals surface area contributed by atoms with Crippen molar-refractivity contribution in [3.05, 3.63) is 74.2 Å². The van der Waals surface area contributed by atoms with E-state index in [-0.39, 0.29) is 16.9 Å². The molecule has 1 aliphatic heterocycles. The molecule has 2 aromatic heterocycles. The molecule has 2 fully saturated rings. The maximum atomic E-state index is 12.9. The van der Waals surface area contributed by atoms with Gasteiger partial charge in [0.15, 0.2) is 11.5 Å². The molecular formula is C25H25N7O4. The summed E-state index contributed by atoms with van der Waals surface area (Å²) in [6.45, 7) is 2.40. The van der Waals surface area contributed by atoms with Crippen LogP contribution in [0, 0.1) is 27.4 Å². The van der Waals surface area contributed by atoms with Crippen molar-refractivity contribution in [1.29, 1.82) is 5.26 Å². The highest BCUT2D eigenvalue weighted by molar-refractivity contribution is 5.99. The number of rotatable bonds is 6. The van der Waals surface area contributed by atoms with E-state index < -0.39 is 16.2 Å². The Morgan fingerprint density at radius 2 is 1.92 bits per heavy atom. The van der Waals surface area contributed by atoms with Gasteiger partial charge < -0.3 is 19.2 Å². The van der Waals surface area contributed by atoms with Gasteiger partial charge in [-0.05, 0) is 30.9 Å². The Morgan fingerprint density at radius 3 is 2.56 bits per heavy atom. The van der Waals surface area contributed by atoms with Crippen LogP contribution < -0.4 is 10.5 Å². The fraction of sp³-hybridized carbons (Fsp3) is 0.360. The Bertz CT molecular complexity index is 1430. The number of nitriles is 1. The lowest BCUT2D eigenvalue weighted by Gasteiger charge is -2.37. The van der Waals surface area contributed by atoms with Gasteiger partial charge in [-0.1, -0.05) is 35.5 Å². The summed E-state index contributed by atoms with van der Waals surface area (Å²) in [6.07, 6.45) is 2.33. The maximum Gasteiger partial charge on any atom is 0.359 e.